The van der Waals surface area contributed by atoms with Gasteiger partial charge in [-0.05, 0) is 57.4 Å². The second-order valence-corrected chi connectivity index (χ2v) is 6.31. The first kappa shape index (κ1) is 15.0. The number of piperidine rings is 1. The van der Waals surface area contributed by atoms with Gasteiger partial charge in [0.05, 0.1) is 0 Å². The molecule has 5 heteroatoms. The van der Waals surface area contributed by atoms with E-state index in [4.69, 9.17) is 0 Å². The normalized spacial score (nSPS) is 24.6. The van der Waals surface area contributed by atoms with Crippen molar-refractivity contribution in [3.63, 3.8) is 0 Å². The fourth-order valence-electron chi connectivity index (χ4n) is 2.82. The first-order valence-electron chi connectivity index (χ1n) is 8.08. The van der Waals surface area contributed by atoms with E-state index in [0.29, 0.717) is 11.3 Å². The Morgan fingerprint density at radius 3 is 2.77 bits per heavy atom. The van der Waals surface area contributed by atoms with E-state index in [9.17, 15) is 9.59 Å². The molecule has 1 saturated heterocycles. The number of benzene rings is 1. The van der Waals surface area contributed by atoms with Crippen molar-refractivity contribution in [3.8, 4) is 0 Å². The number of amides is 2. The molecule has 2 aliphatic rings. The molecular weight excluding hydrogens is 278 g/mol. The predicted octanol–water partition coefficient (Wildman–Crippen LogP) is 1.91. The molecule has 0 spiro atoms. The summed E-state index contributed by atoms with van der Waals surface area (Å²) >= 11 is 0. The second-order valence-electron chi connectivity index (χ2n) is 6.31. The SMILES string of the molecule is CC1NCCCC1NC(=O)c1cccc(NC(=O)C2CC2)c1. The van der Waals surface area contributed by atoms with Crippen LogP contribution in [0.4, 0.5) is 5.69 Å². The summed E-state index contributed by atoms with van der Waals surface area (Å²) in [5.74, 6) is 0.136. The summed E-state index contributed by atoms with van der Waals surface area (Å²) in [4.78, 5) is 24.2. The summed E-state index contributed by atoms with van der Waals surface area (Å²) in [5, 5.41) is 9.34. The second kappa shape index (κ2) is 6.48. The standard InChI is InChI=1S/C17H23N3O2/c1-11-15(6-3-9-18-11)20-17(22)13-4-2-5-14(10-13)19-16(21)12-7-8-12/h2,4-5,10-12,15,18H,3,6-9H2,1H3,(H,19,21)(H,20,22). The minimum Gasteiger partial charge on any atom is -0.348 e. The van der Waals surface area contributed by atoms with Crippen LogP contribution < -0.4 is 16.0 Å². The third kappa shape index (κ3) is 3.65. The van der Waals surface area contributed by atoms with Crippen LogP contribution in [0.5, 0.6) is 0 Å². The fraction of sp³-hybridized carbons (Fsp3) is 0.529. The molecule has 2 fully saturated rings. The van der Waals surface area contributed by atoms with E-state index in [2.05, 4.69) is 22.9 Å². The minimum atomic E-state index is -0.0805. The Hall–Kier alpha value is -1.88. The summed E-state index contributed by atoms with van der Waals surface area (Å²) < 4.78 is 0. The smallest absolute Gasteiger partial charge is 0.251 e. The van der Waals surface area contributed by atoms with E-state index in [0.717, 1.165) is 32.2 Å². The van der Waals surface area contributed by atoms with Crippen LogP contribution in [-0.4, -0.2) is 30.4 Å². The number of rotatable bonds is 4. The Kier molecular flexibility index (Phi) is 4.43. The first-order valence-corrected chi connectivity index (χ1v) is 8.08. The van der Waals surface area contributed by atoms with Crippen LogP contribution in [0, 0.1) is 5.92 Å². The van der Waals surface area contributed by atoms with Gasteiger partial charge in [0.2, 0.25) is 5.91 Å². The number of carbonyl (C=O) groups is 2. The summed E-state index contributed by atoms with van der Waals surface area (Å²) in [7, 11) is 0. The van der Waals surface area contributed by atoms with E-state index in [1.807, 2.05) is 6.07 Å². The van der Waals surface area contributed by atoms with Crippen molar-refractivity contribution in [2.24, 2.45) is 5.92 Å². The van der Waals surface area contributed by atoms with E-state index in [1.165, 1.54) is 0 Å². The zero-order chi connectivity index (χ0) is 15.5. The van der Waals surface area contributed by atoms with Crippen LogP contribution in [0.1, 0.15) is 43.0 Å². The molecule has 118 valence electrons. The third-order valence-corrected chi connectivity index (χ3v) is 4.42. The van der Waals surface area contributed by atoms with Gasteiger partial charge in [-0.3, -0.25) is 9.59 Å². The van der Waals surface area contributed by atoms with Crippen LogP contribution in [0.15, 0.2) is 24.3 Å². The molecule has 1 aromatic rings. The third-order valence-electron chi connectivity index (χ3n) is 4.42. The van der Waals surface area contributed by atoms with Crippen LogP contribution in [0.25, 0.3) is 0 Å². The molecule has 1 saturated carbocycles. The highest BCUT2D eigenvalue weighted by Gasteiger charge is 2.29. The summed E-state index contributed by atoms with van der Waals surface area (Å²) in [6, 6.07) is 7.60. The molecule has 3 rings (SSSR count). The molecule has 2 unspecified atom stereocenters. The molecule has 1 aromatic carbocycles. The van der Waals surface area contributed by atoms with Gasteiger partial charge in [-0.2, -0.15) is 0 Å². The van der Waals surface area contributed by atoms with Gasteiger partial charge < -0.3 is 16.0 Å². The Labute approximate surface area is 130 Å². The molecule has 1 aliphatic carbocycles. The van der Waals surface area contributed by atoms with Gasteiger partial charge in [-0.15, -0.1) is 0 Å². The van der Waals surface area contributed by atoms with Gasteiger partial charge in [0.1, 0.15) is 0 Å². The van der Waals surface area contributed by atoms with Crippen molar-refractivity contribution >= 4 is 17.5 Å². The molecule has 2 amide bonds. The highest BCUT2D eigenvalue weighted by atomic mass is 16.2. The predicted molar refractivity (Wildman–Crippen MR) is 85.7 cm³/mol. The number of anilines is 1. The van der Waals surface area contributed by atoms with Crippen molar-refractivity contribution < 1.29 is 9.59 Å². The topological polar surface area (TPSA) is 70.2 Å². The van der Waals surface area contributed by atoms with Crippen molar-refractivity contribution in [2.75, 3.05) is 11.9 Å². The molecular formula is C17H23N3O2. The lowest BCUT2D eigenvalue weighted by Gasteiger charge is -2.30. The molecule has 1 aliphatic heterocycles. The van der Waals surface area contributed by atoms with Crippen molar-refractivity contribution in [1.82, 2.24) is 10.6 Å². The van der Waals surface area contributed by atoms with Gasteiger partial charge in [0.25, 0.3) is 5.91 Å². The molecule has 2 atom stereocenters. The van der Waals surface area contributed by atoms with Crippen molar-refractivity contribution in [2.45, 2.75) is 44.7 Å². The zero-order valence-electron chi connectivity index (χ0n) is 12.9. The van der Waals surface area contributed by atoms with Crippen molar-refractivity contribution in [3.05, 3.63) is 29.8 Å². The summed E-state index contributed by atoms with van der Waals surface area (Å²) in [5.41, 5.74) is 1.28. The molecule has 1 heterocycles. The highest BCUT2D eigenvalue weighted by molar-refractivity contribution is 5.98. The number of carbonyl (C=O) groups excluding carboxylic acids is 2. The molecule has 0 aromatic heterocycles. The van der Waals surface area contributed by atoms with Gasteiger partial charge in [0.15, 0.2) is 0 Å². The Morgan fingerprint density at radius 2 is 2.05 bits per heavy atom. The molecule has 0 bridgehead atoms. The highest BCUT2D eigenvalue weighted by Crippen LogP contribution is 2.30. The van der Waals surface area contributed by atoms with Crippen LogP contribution >= 0.6 is 0 Å². The van der Waals surface area contributed by atoms with Gasteiger partial charge in [-0.25, -0.2) is 0 Å². The lowest BCUT2D eigenvalue weighted by molar-refractivity contribution is -0.117. The van der Waals surface area contributed by atoms with Gasteiger partial charge >= 0.3 is 0 Å². The van der Waals surface area contributed by atoms with Gasteiger partial charge in [0, 0.05) is 29.3 Å². The Balaban J connectivity index is 1.63. The average molecular weight is 301 g/mol. The molecule has 5 nitrogen and oxygen atoms in total. The fourth-order valence-corrected chi connectivity index (χ4v) is 2.82. The Bertz CT molecular complexity index is 569. The Morgan fingerprint density at radius 1 is 1.23 bits per heavy atom. The quantitative estimate of drug-likeness (QED) is 0.795. The van der Waals surface area contributed by atoms with E-state index < -0.39 is 0 Å². The molecule has 22 heavy (non-hydrogen) atoms. The average Bonchev–Trinajstić information content (AvgIpc) is 3.34. The van der Waals surface area contributed by atoms with Gasteiger partial charge in [-0.1, -0.05) is 6.07 Å². The van der Waals surface area contributed by atoms with Crippen molar-refractivity contribution in [1.29, 1.82) is 0 Å². The molecule has 0 radical (unpaired) electrons. The van der Waals surface area contributed by atoms with Crippen LogP contribution in [0.3, 0.4) is 0 Å². The maximum atomic E-state index is 12.4. The first-order chi connectivity index (χ1) is 10.6. The number of hydrogen-bond acceptors (Lipinski definition) is 3. The summed E-state index contributed by atoms with van der Waals surface area (Å²) in [6.45, 7) is 3.10. The summed E-state index contributed by atoms with van der Waals surface area (Å²) in [6.07, 6.45) is 4.02. The number of nitrogens with one attached hydrogen (secondary N) is 3. The molecule has 3 N–H and O–H groups in total. The largest absolute Gasteiger partial charge is 0.348 e. The lowest BCUT2D eigenvalue weighted by Crippen LogP contribution is -2.51. The van der Waals surface area contributed by atoms with E-state index in [-0.39, 0.29) is 29.8 Å². The van der Waals surface area contributed by atoms with Crippen LogP contribution in [-0.2, 0) is 4.79 Å². The van der Waals surface area contributed by atoms with Crippen LogP contribution in [0.2, 0.25) is 0 Å². The lowest BCUT2D eigenvalue weighted by atomic mass is 9.99. The van der Waals surface area contributed by atoms with E-state index >= 15 is 0 Å². The number of hydrogen-bond donors (Lipinski definition) is 3. The maximum absolute atomic E-state index is 12.4. The van der Waals surface area contributed by atoms with E-state index in [1.54, 1.807) is 18.2 Å². The maximum Gasteiger partial charge on any atom is 0.251 e. The monoisotopic (exact) mass is 301 g/mol. The minimum absolute atomic E-state index is 0.0580. The zero-order valence-corrected chi connectivity index (χ0v) is 12.9.